The maximum Gasteiger partial charge on any atom is 0.224 e. The summed E-state index contributed by atoms with van der Waals surface area (Å²) in [7, 11) is 0. The molecule has 3 aromatic rings. The van der Waals surface area contributed by atoms with Crippen molar-refractivity contribution in [3.63, 3.8) is 0 Å². The fraction of sp³-hybridized carbons (Fsp3) is 0.467. The van der Waals surface area contributed by atoms with E-state index < -0.39 is 0 Å². The SMILES string of the molecule is O=C(CC12CC3CC(CC(C3)C1)C2)Nc1cccc2nc(NCCNCc3ccccc3F)ccc12. The van der Waals surface area contributed by atoms with Crippen molar-refractivity contribution in [1.29, 1.82) is 0 Å². The van der Waals surface area contributed by atoms with Crippen molar-refractivity contribution in [2.24, 2.45) is 23.2 Å². The summed E-state index contributed by atoms with van der Waals surface area (Å²) < 4.78 is 13.7. The van der Waals surface area contributed by atoms with Crippen LogP contribution < -0.4 is 16.0 Å². The van der Waals surface area contributed by atoms with Gasteiger partial charge in [-0.15, -0.1) is 0 Å². The average Bonchev–Trinajstić information content (AvgIpc) is 2.84. The molecule has 0 unspecified atom stereocenters. The lowest BCUT2D eigenvalue weighted by Gasteiger charge is -2.56. The van der Waals surface area contributed by atoms with E-state index in [2.05, 4.69) is 16.0 Å². The van der Waals surface area contributed by atoms with E-state index in [9.17, 15) is 9.18 Å². The third-order valence-electron chi connectivity index (χ3n) is 8.59. The van der Waals surface area contributed by atoms with Gasteiger partial charge < -0.3 is 16.0 Å². The molecule has 4 aliphatic rings. The molecular weight excluding hydrogens is 451 g/mol. The third-order valence-corrected chi connectivity index (χ3v) is 8.59. The lowest BCUT2D eigenvalue weighted by Crippen LogP contribution is -2.47. The highest BCUT2D eigenvalue weighted by molar-refractivity contribution is 6.01. The first-order chi connectivity index (χ1) is 17.6. The van der Waals surface area contributed by atoms with E-state index >= 15 is 0 Å². The number of carbonyl (C=O) groups excluding carboxylic acids is 1. The van der Waals surface area contributed by atoms with Crippen LogP contribution in [0.25, 0.3) is 10.9 Å². The van der Waals surface area contributed by atoms with Crippen molar-refractivity contribution in [3.05, 3.63) is 66.0 Å². The molecule has 0 atom stereocenters. The highest BCUT2D eigenvalue weighted by Gasteiger charge is 2.51. The van der Waals surface area contributed by atoms with Gasteiger partial charge in [-0.1, -0.05) is 24.3 Å². The van der Waals surface area contributed by atoms with Gasteiger partial charge in [0.15, 0.2) is 0 Å². The molecule has 2 aromatic carbocycles. The van der Waals surface area contributed by atoms with E-state index in [4.69, 9.17) is 4.98 Å². The Morgan fingerprint density at radius 1 is 0.917 bits per heavy atom. The van der Waals surface area contributed by atoms with Gasteiger partial charge in [-0.2, -0.15) is 0 Å². The molecule has 4 aliphatic carbocycles. The minimum absolute atomic E-state index is 0.146. The lowest BCUT2D eigenvalue weighted by molar-refractivity contribution is -0.124. The Hall–Kier alpha value is -2.99. The molecule has 188 valence electrons. The van der Waals surface area contributed by atoms with Crippen molar-refractivity contribution in [3.8, 4) is 0 Å². The minimum atomic E-state index is -0.185. The first kappa shape index (κ1) is 23.4. The predicted molar refractivity (Wildman–Crippen MR) is 142 cm³/mol. The van der Waals surface area contributed by atoms with Crippen LogP contribution in [0.3, 0.4) is 0 Å². The second-order valence-corrected chi connectivity index (χ2v) is 11.4. The molecule has 0 saturated heterocycles. The number of fused-ring (bicyclic) bond motifs is 1. The van der Waals surface area contributed by atoms with Crippen LogP contribution in [0.4, 0.5) is 15.9 Å². The summed E-state index contributed by atoms with van der Waals surface area (Å²) >= 11 is 0. The highest BCUT2D eigenvalue weighted by atomic mass is 19.1. The number of nitrogens with zero attached hydrogens (tertiary/aromatic N) is 1. The Kier molecular flexibility index (Phi) is 6.38. The fourth-order valence-electron chi connectivity index (χ4n) is 7.55. The zero-order valence-corrected chi connectivity index (χ0v) is 20.7. The summed E-state index contributed by atoms with van der Waals surface area (Å²) in [5.41, 5.74) is 2.60. The topological polar surface area (TPSA) is 66.0 Å². The number of halogens is 1. The number of carbonyl (C=O) groups is 1. The van der Waals surface area contributed by atoms with E-state index in [1.165, 1.54) is 44.6 Å². The number of anilines is 2. The maximum absolute atomic E-state index is 13.7. The molecule has 0 radical (unpaired) electrons. The number of nitrogens with one attached hydrogen (secondary N) is 3. The van der Waals surface area contributed by atoms with Crippen LogP contribution >= 0.6 is 0 Å². The Balaban J connectivity index is 1.04. The van der Waals surface area contributed by atoms with E-state index in [1.807, 2.05) is 36.4 Å². The monoisotopic (exact) mass is 486 g/mol. The van der Waals surface area contributed by atoms with Gasteiger partial charge in [-0.25, -0.2) is 9.37 Å². The van der Waals surface area contributed by atoms with Gasteiger partial charge in [-0.3, -0.25) is 4.79 Å². The summed E-state index contributed by atoms with van der Waals surface area (Å²) in [6.45, 7) is 1.86. The second-order valence-electron chi connectivity index (χ2n) is 11.4. The van der Waals surface area contributed by atoms with Gasteiger partial charge in [0.1, 0.15) is 11.6 Å². The Morgan fingerprint density at radius 3 is 2.42 bits per heavy atom. The van der Waals surface area contributed by atoms with E-state index in [1.54, 1.807) is 12.1 Å². The first-order valence-electron chi connectivity index (χ1n) is 13.4. The molecule has 5 nitrogen and oxygen atoms in total. The van der Waals surface area contributed by atoms with Crippen LogP contribution in [0.15, 0.2) is 54.6 Å². The number of benzene rings is 2. The molecule has 4 bridgehead atoms. The number of pyridine rings is 1. The van der Waals surface area contributed by atoms with Gasteiger partial charge in [0.25, 0.3) is 0 Å². The largest absolute Gasteiger partial charge is 0.369 e. The van der Waals surface area contributed by atoms with Crippen molar-refractivity contribution in [2.45, 2.75) is 51.5 Å². The first-order valence-corrected chi connectivity index (χ1v) is 13.4. The Labute approximate surface area is 212 Å². The maximum atomic E-state index is 13.7. The standard InChI is InChI=1S/C30H35FN4O/c31-25-5-2-1-4-23(25)19-32-10-11-33-28-9-8-24-26(34-28)6-3-7-27(24)35-29(36)18-30-15-20-12-21(16-30)14-22(13-20)17-30/h1-9,20-22,32H,10-19H2,(H,33,34)(H,35,36). The van der Waals surface area contributed by atoms with Crippen molar-refractivity contribution in [1.82, 2.24) is 10.3 Å². The number of hydrogen-bond acceptors (Lipinski definition) is 4. The van der Waals surface area contributed by atoms with E-state index in [0.717, 1.165) is 40.2 Å². The molecule has 4 fully saturated rings. The molecule has 3 N–H and O–H groups in total. The van der Waals surface area contributed by atoms with Crippen molar-refractivity contribution >= 4 is 28.3 Å². The molecule has 0 spiro atoms. The van der Waals surface area contributed by atoms with Gasteiger partial charge in [0, 0.05) is 37.0 Å². The van der Waals surface area contributed by atoms with Crippen LogP contribution in [-0.2, 0) is 11.3 Å². The molecule has 7 rings (SSSR count). The third kappa shape index (κ3) is 4.96. The van der Waals surface area contributed by atoms with Gasteiger partial charge in [0.2, 0.25) is 5.91 Å². The Morgan fingerprint density at radius 2 is 1.67 bits per heavy atom. The molecule has 4 saturated carbocycles. The minimum Gasteiger partial charge on any atom is -0.369 e. The van der Waals surface area contributed by atoms with Crippen LogP contribution in [0.1, 0.15) is 50.5 Å². The lowest BCUT2D eigenvalue weighted by atomic mass is 9.49. The molecule has 1 amide bonds. The average molecular weight is 487 g/mol. The molecule has 1 aromatic heterocycles. The van der Waals surface area contributed by atoms with Crippen molar-refractivity contribution in [2.75, 3.05) is 23.7 Å². The van der Waals surface area contributed by atoms with Crippen LogP contribution in [-0.4, -0.2) is 24.0 Å². The normalized spacial score (nSPS) is 26.3. The smallest absolute Gasteiger partial charge is 0.224 e. The van der Waals surface area contributed by atoms with Gasteiger partial charge >= 0.3 is 0 Å². The van der Waals surface area contributed by atoms with E-state index in [-0.39, 0.29) is 17.1 Å². The predicted octanol–water partition coefficient (Wildman–Crippen LogP) is 6.12. The number of rotatable bonds is 9. The summed E-state index contributed by atoms with van der Waals surface area (Å²) in [5, 5.41) is 10.8. The zero-order valence-electron chi connectivity index (χ0n) is 20.7. The van der Waals surface area contributed by atoms with Crippen LogP contribution in [0.2, 0.25) is 0 Å². The second kappa shape index (κ2) is 9.81. The number of hydrogen-bond donors (Lipinski definition) is 3. The number of amides is 1. The summed E-state index contributed by atoms with van der Waals surface area (Å²) in [6, 6.07) is 16.7. The molecule has 36 heavy (non-hydrogen) atoms. The zero-order chi connectivity index (χ0) is 24.5. The van der Waals surface area contributed by atoms with Crippen LogP contribution in [0, 0.1) is 29.0 Å². The van der Waals surface area contributed by atoms with Gasteiger partial charge in [0.05, 0.1) is 11.2 Å². The number of aromatic nitrogens is 1. The van der Waals surface area contributed by atoms with E-state index in [0.29, 0.717) is 31.6 Å². The highest BCUT2D eigenvalue weighted by Crippen LogP contribution is 2.61. The summed E-state index contributed by atoms with van der Waals surface area (Å²) in [6.07, 6.45) is 8.57. The molecule has 0 aliphatic heterocycles. The molecule has 6 heteroatoms. The quantitative estimate of drug-likeness (QED) is 0.319. The van der Waals surface area contributed by atoms with Crippen molar-refractivity contribution < 1.29 is 9.18 Å². The molecule has 1 heterocycles. The fourth-order valence-corrected chi connectivity index (χ4v) is 7.55. The summed E-state index contributed by atoms with van der Waals surface area (Å²) in [5.74, 6) is 3.30. The summed E-state index contributed by atoms with van der Waals surface area (Å²) in [4.78, 5) is 17.9. The van der Waals surface area contributed by atoms with Crippen LogP contribution in [0.5, 0.6) is 0 Å². The Bertz CT molecular complexity index is 1220. The molecular formula is C30H35FN4O. The van der Waals surface area contributed by atoms with Gasteiger partial charge in [-0.05, 0) is 92.0 Å².